The molecule has 0 saturated carbocycles. The van der Waals surface area contributed by atoms with E-state index >= 15 is 0 Å². The van der Waals surface area contributed by atoms with E-state index in [4.69, 9.17) is 15.0 Å². The van der Waals surface area contributed by atoms with Gasteiger partial charge in [0.2, 0.25) is 0 Å². The summed E-state index contributed by atoms with van der Waals surface area (Å²) < 4.78 is 12.4. The highest BCUT2D eigenvalue weighted by Gasteiger charge is 2.52. The summed E-state index contributed by atoms with van der Waals surface area (Å²) in [5.41, 5.74) is 9.27. The van der Waals surface area contributed by atoms with Crippen molar-refractivity contribution in [1.29, 1.82) is 0 Å². The Morgan fingerprint density at radius 2 is 1.27 bits per heavy atom. The van der Waals surface area contributed by atoms with Crippen LogP contribution in [0.3, 0.4) is 0 Å². The van der Waals surface area contributed by atoms with Gasteiger partial charge in [0.1, 0.15) is 0 Å². The number of nitrogen functional groups attached to an aromatic ring is 1. The maximum atomic E-state index is 6.19. The van der Waals surface area contributed by atoms with Crippen LogP contribution in [0.4, 0.5) is 5.69 Å². The van der Waals surface area contributed by atoms with Crippen molar-refractivity contribution in [1.82, 2.24) is 0 Å². The Kier molecular flexibility index (Phi) is 3.54. The number of para-hydroxylation sites is 1. The highest BCUT2D eigenvalue weighted by Crippen LogP contribution is 2.37. The van der Waals surface area contributed by atoms with Crippen molar-refractivity contribution in [3.8, 4) is 11.1 Å². The maximum absolute atomic E-state index is 6.19. The van der Waals surface area contributed by atoms with Gasteiger partial charge in [0.15, 0.2) is 0 Å². The van der Waals surface area contributed by atoms with Crippen molar-refractivity contribution >= 4 is 18.3 Å². The average molecular weight is 295 g/mol. The van der Waals surface area contributed by atoms with Gasteiger partial charge in [-0.1, -0.05) is 42.5 Å². The molecule has 2 N–H and O–H groups in total. The fraction of sp³-hybridized carbons (Fsp3) is 0.333. The first-order valence-corrected chi connectivity index (χ1v) is 7.61. The van der Waals surface area contributed by atoms with Gasteiger partial charge in [0.05, 0.1) is 11.2 Å². The topological polar surface area (TPSA) is 44.5 Å². The van der Waals surface area contributed by atoms with Crippen LogP contribution in [0, 0.1) is 0 Å². The zero-order valence-corrected chi connectivity index (χ0v) is 13.6. The number of anilines is 1. The van der Waals surface area contributed by atoms with Crippen LogP contribution in [0.1, 0.15) is 27.7 Å². The summed E-state index contributed by atoms with van der Waals surface area (Å²) in [6, 6.07) is 16.0. The molecule has 0 aromatic heterocycles. The Morgan fingerprint density at radius 1 is 0.773 bits per heavy atom. The molecule has 1 aliphatic heterocycles. The smallest absolute Gasteiger partial charge is 0.399 e. The van der Waals surface area contributed by atoms with Gasteiger partial charge >= 0.3 is 7.12 Å². The van der Waals surface area contributed by atoms with E-state index in [1.165, 1.54) is 0 Å². The lowest BCUT2D eigenvalue weighted by Gasteiger charge is -2.32. The fourth-order valence-electron chi connectivity index (χ4n) is 2.66. The molecular weight excluding hydrogens is 273 g/mol. The van der Waals surface area contributed by atoms with E-state index in [0.29, 0.717) is 0 Å². The molecular formula is C18H22BNO2. The Hall–Kier alpha value is -1.78. The van der Waals surface area contributed by atoms with E-state index in [1.807, 2.05) is 42.5 Å². The third kappa shape index (κ3) is 2.42. The predicted molar refractivity (Wildman–Crippen MR) is 92.0 cm³/mol. The molecule has 3 rings (SSSR count). The minimum atomic E-state index is -0.388. The summed E-state index contributed by atoms with van der Waals surface area (Å²) >= 11 is 0. The first-order chi connectivity index (χ1) is 10.3. The lowest BCUT2D eigenvalue weighted by atomic mass is 9.74. The van der Waals surface area contributed by atoms with Crippen molar-refractivity contribution < 1.29 is 9.31 Å². The molecule has 1 aliphatic rings. The first-order valence-electron chi connectivity index (χ1n) is 7.61. The van der Waals surface area contributed by atoms with Gasteiger partial charge in [-0.05, 0) is 44.8 Å². The molecule has 1 saturated heterocycles. The van der Waals surface area contributed by atoms with Crippen molar-refractivity contribution in [2.75, 3.05) is 5.73 Å². The van der Waals surface area contributed by atoms with Crippen LogP contribution in [0.5, 0.6) is 0 Å². The van der Waals surface area contributed by atoms with Crippen molar-refractivity contribution in [2.45, 2.75) is 38.9 Å². The molecule has 0 radical (unpaired) electrons. The fourth-order valence-corrected chi connectivity index (χ4v) is 2.66. The highest BCUT2D eigenvalue weighted by molar-refractivity contribution is 6.64. The van der Waals surface area contributed by atoms with Gasteiger partial charge in [-0.3, -0.25) is 0 Å². The van der Waals surface area contributed by atoms with Gasteiger partial charge in [-0.25, -0.2) is 0 Å². The van der Waals surface area contributed by atoms with Gasteiger partial charge in [-0.2, -0.15) is 0 Å². The van der Waals surface area contributed by atoms with Crippen LogP contribution in [0.2, 0.25) is 0 Å². The summed E-state index contributed by atoms with van der Waals surface area (Å²) in [6.07, 6.45) is 0. The van der Waals surface area contributed by atoms with Crippen molar-refractivity contribution in [3.05, 3.63) is 48.5 Å². The molecule has 2 aromatic carbocycles. The minimum absolute atomic E-state index is 0.354. The molecule has 4 heteroatoms. The molecule has 0 aliphatic carbocycles. The van der Waals surface area contributed by atoms with E-state index in [9.17, 15) is 0 Å². The summed E-state index contributed by atoms with van der Waals surface area (Å²) in [7, 11) is -0.388. The molecule has 114 valence electrons. The Morgan fingerprint density at radius 3 is 1.86 bits per heavy atom. The number of hydrogen-bond donors (Lipinski definition) is 1. The Bertz CT molecular complexity index is 681. The summed E-state index contributed by atoms with van der Waals surface area (Å²) in [4.78, 5) is 0. The van der Waals surface area contributed by atoms with E-state index in [0.717, 1.165) is 22.3 Å². The summed E-state index contributed by atoms with van der Waals surface area (Å²) in [6.45, 7) is 8.25. The highest BCUT2D eigenvalue weighted by atomic mass is 16.7. The predicted octanol–water partition coefficient (Wildman–Crippen LogP) is 3.24. The zero-order chi connectivity index (χ0) is 16.0. The van der Waals surface area contributed by atoms with Crippen LogP contribution >= 0.6 is 0 Å². The van der Waals surface area contributed by atoms with Gasteiger partial charge in [0, 0.05) is 11.3 Å². The third-order valence-corrected chi connectivity index (χ3v) is 4.72. The molecule has 1 fully saturated rings. The van der Waals surface area contributed by atoms with Crippen LogP contribution in [-0.2, 0) is 9.31 Å². The molecule has 22 heavy (non-hydrogen) atoms. The molecule has 0 amide bonds. The second-order valence-electron chi connectivity index (χ2n) is 6.76. The van der Waals surface area contributed by atoms with Crippen LogP contribution in [-0.4, -0.2) is 18.3 Å². The molecule has 0 spiro atoms. The molecule has 2 aromatic rings. The second-order valence-corrected chi connectivity index (χ2v) is 6.76. The molecule has 1 heterocycles. The molecule has 0 unspecified atom stereocenters. The normalized spacial score (nSPS) is 19.4. The zero-order valence-electron chi connectivity index (χ0n) is 13.6. The molecule has 0 atom stereocenters. The molecule has 0 bridgehead atoms. The van der Waals surface area contributed by atoms with E-state index in [-0.39, 0.29) is 18.3 Å². The van der Waals surface area contributed by atoms with Crippen LogP contribution in [0.25, 0.3) is 11.1 Å². The van der Waals surface area contributed by atoms with Crippen molar-refractivity contribution in [3.63, 3.8) is 0 Å². The minimum Gasteiger partial charge on any atom is -0.399 e. The van der Waals surface area contributed by atoms with Gasteiger partial charge < -0.3 is 15.0 Å². The third-order valence-electron chi connectivity index (χ3n) is 4.72. The van der Waals surface area contributed by atoms with Crippen LogP contribution in [0.15, 0.2) is 48.5 Å². The Balaban J connectivity index is 2.06. The summed E-state index contributed by atoms with van der Waals surface area (Å²) in [5, 5.41) is 0. The number of nitrogens with two attached hydrogens (primary N) is 1. The van der Waals surface area contributed by atoms with Gasteiger partial charge in [0.25, 0.3) is 0 Å². The van der Waals surface area contributed by atoms with E-state index < -0.39 is 0 Å². The number of benzene rings is 2. The number of rotatable bonds is 2. The lowest BCUT2D eigenvalue weighted by molar-refractivity contribution is 0.00578. The second kappa shape index (κ2) is 5.15. The van der Waals surface area contributed by atoms with E-state index in [1.54, 1.807) is 0 Å². The standard InChI is InChI=1S/C18H22BNO2/c1-17(2)18(3,4)22-19(21-17)15-11-7-5-9-13(15)14-10-6-8-12-16(14)20/h5-12H,20H2,1-4H3. The largest absolute Gasteiger partial charge is 0.495 e. The first kappa shape index (κ1) is 15.1. The lowest BCUT2D eigenvalue weighted by Crippen LogP contribution is -2.41. The Labute approximate surface area is 132 Å². The van der Waals surface area contributed by atoms with E-state index in [2.05, 4.69) is 33.8 Å². The van der Waals surface area contributed by atoms with Crippen molar-refractivity contribution in [2.24, 2.45) is 0 Å². The van der Waals surface area contributed by atoms with Crippen LogP contribution < -0.4 is 11.2 Å². The molecule has 3 nitrogen and oxygen atoms in total. The quantitative estimate of drug-likeness (QED) is 0.683. The SMILES string of the molecule is CC1(C)OB(c2ccccc2-c2ccccc2N)OC1(C)C. The maximum Gasteiger partial charge on any atom is 0.495 e. The summed E-state index contributed by atoms with van der Waals surface area (Å²) in [5.74, 6) is 0. The van der Waals surface area contributed by atoms with Gasteiger partial charge in [-0.15, -0.1) is 0 Å². The number of hydrogen-bond acceptors (Lipinski definition) is 3. The monoisotopic (exact) mass is 295 g/mol. The average Bonchev–Trinajstić information content (AvgIpc) is 2.68.